The topological polar surface area (TPSA) is 58.2 Å². The molecule has 2 aliphatic carbocycles. The summed E-state index contributed by atoms with van der Waals surface area (Å²) in [4.78, 5) is 0. The van der Waals surface area contributed by atoms with E-state index < -0.39 is 10.0 Å². The van der Waals surface area contributed by atoms with Gasteiger partial charge in [-0.1, -0.05) is 6.42 Å². The Morgan fingerprint density at radius 2 is 2.00 bits per heavy atom. The minimum atomic E-state index is -3.09. The number of nitrogens with one attached hydrogen (secondary N) is 2. The van der Waals surface area contributed by atoms with Gasteiger partial charge in [0.1, 0.15) is 0 Å². The molecule has 0 heterocycles. The Morgan fingerprint density at radius 1 is 1.21 bits per heavy atom. The van der Waals surface area contributed by atoms with Crippen molar-refractivity contribution in [2.45, 2.75) is 51.5 Å². The van der Waals surface area contributed by atoms with Crippen molar-refractivity contribution in [3.8, 4) is 0 Å². The van der Waals surface area contributed by atoms with Gasteiger partial charge in [-0.05, 0) is 70.4 Å². The Balaban J connectivity index is 1.76. The van der Waals surface area contributed by atoms with Crippen LogP contribution in [0.5, 0.6) is 0 Å². The average molecular weight is 288 g/mol. The summed E-state index contributed by atoms with van der Waals surface area (Å²) in [5.41, 5.74) is 0. The molecule has 2 aliphatic rings. The second-order valence-electron chi connectivity index (χ2n) is 6.37. The second kappa shape index (κ2) is 6.55. The van der Waals surface area contributed by atoms with Gasteiger partial charge in [0.25, 0.3) is 0 Å². The van der Waals surface area contributed by atoms with Crippen LogP contribution in [0.2, 0.25) is 0 Å². The summed E-state index contributed by atoms with van der Waals surface area (Å²) in [6, 6.07) is 0.115. The fraction of sp³-hybridized carbons (Fsp3) is 1.00. The number of rotatable bonds is 8. The largest absolute Gasteiger partial charge is 0.320 e. The highest BCUT2D eigenvalue weighted by atomic mass is 32.2. The van der Waals surface area contributed by atoms with E-state index in [4.69, 9.17) is 0 Å². The van der Waals surface area contributed by atoms with Gasteiger partial charge in [0, 0.05) is 6.04 Å². The van der Waals surface area contributed by atoms with Crippen LogP contribution in [0, 0.1) is 17.8 Å². The highest BCUT2D eigenvalue weighted by Crippen LogP contribution is 2.49. The van der Waals surface area contributed by atoms with Crippen molar-refractivity contribution in [1.29, 1.82) is 0 Å². The predicted molar refractivity (Wildman–Crippen MR) is 78.5 cm³/mol. The second-order valence-corrected chi connectivity index (χ2v) is 8.25. The summed E-state index contributed by atoms with van der Waals surface area (Å²) in [6.07, 6.45) is 6.89. The summed E-state index contributed by atoms with van der Waals surface area (Å²) < 4.78 is 27.0. The number of unbranched alkanes of at least 4 members (excludes halogenated alkanes) is 1. The molecule has 0 spiro atoms. The zero-order chi connectivity index (χ0) is 13.9. The van der Waals surface area contributed by atoms with E-state index in [1.165, 1.54) is 25.7 Å². The average Bonchev–Trinajstić information content (AvgIpc) is 2.96. The molecule has 4 nitrogen and oxygen atoms in total. The summed E-state index contributed by atoms with van der Waals surface area (Å²) in [6.45, 7) is 2.94. The van der Waals surface area contributed by atoms with Crippen molar-refractivity contribution in [3.05, 3.63) is 0 Å². The van der Waals surface area contributed by atoms with Gasteiger partial charge in [0.05, 0.1) is 5.75 Å². The first kappa shape index (κ1) is 15.3. The lowest BCUT2D eigenvalue weighted by molar-refractivity contribution is 0.280. The Morgan fingerprint density at radius 3 is 2.58 bits per heavy atom. The molecule has 112 valence electrons. The van der Waals surface area contributed by atoms with Crippen LogP contribution in [-0.2, 0) is 10.0 Å². The lowest BCUT2D eigenvalue weighted by Crippen LogP contribution is -2.41. The van der Waals surface area contributed by atoms with E-state index in [1.54, 1.807) is 0 Å². The normalized spacial score (nSPS) is 31.8. The van der Waals surface area contributed by atoms with Crippen LogP contribution in [0.15, 0.2) is 0 Å². The molecule has 0 aliphatic heterocycles. The highest BCUT2D eigenvalue weighted by molar-refractivity contribution is 7.89. The Bertz CT molecular complexity index is 383. The predicted octanol–water partition coefficient (Wildman–Crippen LogP) is 1.73. The third-order valence-electron chi connectivity index (χ3n) is 4.89. The minimum absolute atomic E-state index is 0.115. The molecule has 0 aromatic heterocycles. The maximum absolute atomic E-state index is 12.0. The molecule has 2 fully saturated rings. The van der Waals surface area contributed by atoms with Gasteiger partial charge in [0.15, 0.2) is 0 Å². The fourth-order valence-corrected chi connectivity index (χ4v) is 5.37. The van der Waals surface area contributed by atoms with Crippen LogP contribution >= 0.6 is 0 Å². The van der Waals surface area contributed by atoms with Crippen molar-refractivity contribution in [3.63, 3.8) is 0 Å². The SMILES string of the molecule is CNCCCCS(=O)(=O)NC(C)C1CC2CCC1C2. The first-order chi connectivity index (χ1) is 9.02. The molecule has 2 N–H and O–H groups in total. The molecule has 0 aromatic carbocycles. The lowest BCUT2D eigenvalue weighted by Gasteiger charge is -2.28. The third-order valence-corrected chi connectivity index (χ3v) is 6.45. The standard InChI is InChI=1S/C14H28N2O2S/c1-11(14-10-12-5-6-13(14)9-12)16-19(17,18)8-4-3-7-15-2/h11-16H,3-10H2,1-2H3. The monoisotopic (exact) mass is 288 g/mol. The van der Waals surface area contributed by atoms with E-state index in [1.807, 2.05) is 7.05 Å². The highest BCUT2D eigenvalue weighted by Gasteiger charge is 2.42. The molecule has 19 heavy (non-hydrogen) atoms. The van der Waals surface area contributed by atoms with Crippen molar-refractivity contribution >= 4 is 10.0 Å². The van der Waals surface area contributed by atoms with Gasteiger partial charge < -0.3 is 5.32 Å². The van der Waals surface area contributed by atoms with Gasteiger partial charge >= 0.3 is 0 Å². The summed E-state index contributed by atoms with van der Waals surface area (Å²) in [5.74, 6) is 2.48. The van der Waals surface area contributed by atoms with Crippen LogP contribution in [-0.4, -0.2) is 33.8 Å². The van der Waals surface area contributed by atoms with E-state index in [2.05, 4.69) is 17.0 Å². The van der Waals surface area contributed by atoms with Gasteiger partial charge in [-0.2, -0.15) is 0 Å². The fourth-order valence-electron chi connectivity index (χ4n) is 3.93. The molecule has 5 heteroatoms. The van der Waals surface area contributed by atoms with Gasteiger partial charge in [-0.25, -0.2) is 13.1 Å². The van der Waals surface area contributed by atoms with E-state index >= 15 is 0 Å². The Kier molecular flexibility index (Phi) is 5.26. The Hall–Kier alpha value is -0.130. The quantitative estimate of drug-likeness (QED) is 0.669. The molecular formula is C14H28N2O2S. The molecule has 0 amide bonds. The molecule has 4 unspecified atom stereocenters. The van der Waals surface area contributed by atoms with Crippen LogP contribution < -0.4 is 10.0 Å². The number of hydrogen-bond donors (Lipinski definition) is 2. The molecule has 2 rings (SSSR count). The van der Waals surface area contributed by atoms with Crippen LogP contribution in [0.1, 0.15) is 45.4 Å². The van der Waals surface area contributed by atoms with Gasteiger partial charge in [0.2, 0.25) is 10.0 Å². The van der Waals surface area contributed by atoms with Gasteiger partial charge in [-0.3, -0.25) is 0 Å². The van der Waals surface area contributed by atoms with E-state index in [0.29, 0.717) is 5.92 Å². The minimum Gasteiger partial charge on any atom is -0.320 e. The summed E-state index contributed by atoms with van der Waals surface area (Å²) in [5, 5.41) is 3.04. The van der Waals surface area contributed by atoms with E-state index in [9.17, 15) is 8.42 Å². The van der Waals surface area contributed by atoms with Crippen LogP contribution in [0.25, 0.3) is 0 Å². The van der Waals surface area contributed by atoms with Crippen molar-refractivity contribution < 1.29 is 8.42 Å². The van der Waals surface area contributed by atoms with Gasteiger partial charge in [-0.15, -0.1) is 0 Å². The van der Waals surface area contributed by atoms with Crippen LogP contribution in [0.4, 0.5) is 0 Å². The van der Waals surface area contributed by atoms with E-state index in [-0.39, 0.29) is 11.8 Å². The summed E-state index contributed by atoms with van der Waals surface area (Å²) >= 11 is 0. The maximum atomic E-state index is 12.0. The lowest BCUT2D eigenvalue weighted by atomic mass is 9.84. The smallest absolute Gasteiger partial charge is 0.211 e. The molecule has 2 saturated carbocycles. The van der Waals surface area contributed by atoms with E-state index in [0.717, 1.165) is 31.2 Å². The summed E-state index contributed by atoms with van der Waals surface area (Å²) in [7, 11) is -1.20. The molecular weight excluding hydrogens is 260 g/mol. The zero-order valence-corrected chi connectivity index (χ0v) is 13.0. The Labute approximate surface area is 117 Å². The molecule has 0 saturated heterocycles. The zero-order valence-electron chi connectivity index (χ0n) is 12.2. The molecule has 4 atom stereocenters. The molecule has 0 aromatic rings. The first-order valence-corrected chi connectivity index (χ1v) is 9.31. The van der Waals surface area contributed by atoms with Crippen molar-refractivity contribution in [2.24, 2.45) is 17.8 Å². The first-order valence-electron chi connectivity index (χ1n) is 7.66. The number of sulfonamides is 1. The molecule has 2 bridgehead atoms. The molecule has 0 radical (unpaired) electrons. The third kappa shape index (κ3) is 4.17. The van der Waals surface area contributed by atoms with Crippen molar-refractivity contribution in [2.75, 3.05) is 19.3 Å². The van der Waals surface area contributed by atoms with Crippen molar-refractivity contribution in [1.82, 2.24) is 10.0 Å². The maximum Gasteiger partial charge on any atom is 0.211 e. The number of fused-ring (bicyclic) bond motifs is 2. The number of hydrogen-bond acceptors (Lipinski definition) is 3. The van der Waals surface area contributed by atoms with Crippen LogP contribution in [0.3, 0.4) is 0 Å².